The molecule has 0 aliphatic carbocycles. The van der Waals surface area contributed by atoms with E-state index in [0.717, 1.165) is 24.3 Å². The maximum Gasteiger partial charge on any atom is 0.323 e. The number of aliphatic carboxylic acids is 1. The van der Waals surface area contributed by atoms with E-state index in [4.69, 9.17) is 0 Å². The Morgan fingerprint density at radius 1 is 1.37 bits per heavy atom. The molecule has 1 atom stereocenters. The van der Waals surface area contributed by atoms with Crippen molar-refractivity contribution in [3.05, 3.63) is 39.3 Å². The van der Waals surface area contributed by atoms with Crippen molar-refractivity contribution in [2.24, 2.45) is 4.58 Å². The Hall–Kier alpha value is -2.09. The van der Waals surface area contributed by atoms with E-state index in [-0.39, 0.29) is 23.4 Å². The highest BCUT2D eigenvalue weighted by Crippen LogP contribution is 2.40. The smallest absolute Gasteiger partial charge is 0.323 e. The lowest BCUT2D eigenvalue weighted by molar-refractivity contribution is -0.384. The molecule has 11 nitrogen and oxygen atoms in total. The van der Waals surface area contributed by atoms with Gasteiger partial charge < -0.3 is 10.0 Å². The van der Waals surface area contributed by atoms with Crippen molar-refractivity contribution in [1.29, 1.82) is 0 Å². The Morgan fingerprint density at radius 3 is 2.37 bits per heavy atom. The van der Waals surface area contributed by atoms with Crippen LogP contribution in [0.1, 0.15) is 12.8 Å². The van der Waals surface area contributed by atoms with Crippen LogP contribution in [-0.4, -0.2) is 60.2 Å². The van der Waals surface area contributed by atoms with Gasteiger partial charge in [0.05, 0.1) is 14.6 Å². The highest BCUT2D eigenvalue weighted by atomic mass is 32.2. The Labute approximate surface area is 159 Å². The standard InChI is InChI=1S/C14H18N4O7S2/c1-17-8-6-14(7-9-17,26-16-21)12(13(19)20)15-27(24,25)11-4-2-10(3-5-11)18(22)23/h2-5,12,15H,6-9H2,1H3,(H,19,20). The summed E-state index contributed by atoms with van der Waals surface area (Å²) >= 11 is 0.526. The zero-order valence-electron chi connectivity index (χ0n) is 14.3. The molecule has 0 aromatic heterocycles. The number of carbonyl (C=O) groups is 1. The molecule has 1 heterocycles. The predicted octanol–water partition coefficient (Wildman–Crippen LogP) is 1.21. The molecular weight excluding hydrogens is 400 g/mol. The van der Waals surface area contributed by atoms with Crippen LogP contribution in [0.4, 0.5) is 5.69 Å². The van der Waals surface area contributed by atoms with Crippen molar-refractivity contribution in [2.75, 3.05) is 20.1 Å². The number of nitrogens with zero attached hydrogens (tertiary/aromatic N) is 3. The molecule has 0 bridgehead atoms. The fourth-order valence-corrected chi connectivity index (χ4v) is 4.98. The maximum absolute atomic E-state index is 12.6. The van der Waals surface area contributed by atoms with Gasteiger partial charge in [-0.05, 0) is 45.1 Å². The Bertz CT molecular complexity index is 820. The molecule has 148 valence electrons. The van der Waals surface area contributed by atoms with E-state index in [1.165, 1.54) is 0 Å². The lowest BCUT2D eigenvalue weighted by Crippen LogP contribution is -2.58. The van der Waals surface area contributed by atoms with Crippen molar-refractivity contribution in [3.63, 3.8) is 0 Å². The number of hydrogen-bond acceptors (Lipinski definition) is 9. The van der Waals surface area contributed by atoms with E-state index >= 15 is 0 Å². The van der Waals surface area contributed by atoms with Crippen LogP contribution < -0.4 is 4.72 Å². The monoisotopic (exact) mass is 418 g/mol. The number of carboxylic acid groups (broad SMARTS) is 1. The van der Waals surface area contributed by atoms with Crippen molar-refractivity contribution in [2.45, 2.75) is 28.5 Å². The van der Waals surface area contributed by atoms with Gasteiger partial charge in [0, 0.05) is 28.7 Å². The first-order valence-corrected chi connectivity index (χ1v) is 10.1. The van der Waals surface area contributed by atoms with E-state index in [1.807, 2.05) is 11.9 Å². The second kappa shape index (κ2) is 8.29. The molecule has 1 aromatic carbocycles. The third-order valence-electron chi connectivity index (χ3n) is 4.46. The number of hydrogen-bond donors (Lipinski definition) is 2. The number of benzene rings is 1. The largest absolute Gasteiger partial charge is 0.480 e. The van der Waals surface area contributed by atoms with Gasteiger partial charge in [0.1, 0.15) is 6.04 Å². The fourth-order valence-electron chi connectivity index (χ4n) is 2.86. The van der Waals surface area contributed by atoms with E-state index in [0.29, 0.717) is 25.0 Å². The fraction of sp³-hybridized carbons (Fsp3) is 0.500. The van der Waals surface area contributed by atoms with Gasteiger partial charge in [-0.1, -0.05) is 0 Å². The third-order valence-corrected chi connectivity index (χ3v) is 6.98. The lowest BCUT2D eigenvalue weighted by Gasteiger charge is -2.41. The molecule has 1 aromatic rings. The molecule has 1 saturated heterocycles. The van der Waals surface area contributed by atoms with Gasteiger partial charge in [0.15, 0.2) is 0 Å². The van der Waals surface area contributed by atoms with Crippen LogP contribution in [0.5, 0.6) is 0 Å². The second-order valence-corrected chi connectivity index (χ2v) is 9.04. The number of nitroso groups, excluding NO2 is 1. The summed E-state index contributed by atoms with van der Waals surface area (Å²) in [5, 5.41) is 20.3. The number of sulfonamides is 1. The van der Waals surface area contributed by atoms with Crippen LogP contribution in [0.3, 0.4) is 0 Å². The summed E-state index contributed by atoms with van der Waals surface area (Å²) in [5.74, 6) is -1.43. The van der Waals surface area contributed by atoms with Gasteiger partial charge in [0.2, 0.25) is 10.0 Å². The van der Waals surface area contributed by atoms with E-state index in [2.05, 4.69) is 9.30 Å². The zero-order chi connectivity index (χ0) is 20.2. The minimum atomic E-state index is -4.29. The topological polar surface area (TPSA) is 159 Å². The molecule has 0 radical (unpaired) electrons. The molecule has 13 heteroatoms. The molecular formula is C14H18N4O7S2. The first-order chi connectivity index (χ1) is 12.6. The number of likely N-dealkylation sites (tertiary alicyclic amines) is 1. The normalized spacial score (nSPS) is 18.6. The molecule has 0 amide bonds. The van der Waals surface area contributed by atoms with Crippen LogP contribution in [-0.2, 0) is 14.8 Å². The second-order valence-electron chi connectivity index (χ2n) is 6.18. The predicted molar refractivity (Wildman–Crippen MR) is 97.7 cm³/mol. The van der Waals surface area contributed by atoms with E-state index in [9.17, 15) is 33.3 Å². The van der Waals surface area contributed by atoms with Crippen LogP contribution in [0.2, 0.25) is 0 Å². The molecule has 2 N–H and O–H groups in total. The number of nitro benzene ring substituents is 1. The SMILES string of the molecule is CN1CCC(SN=O)(C(NS(=O)(=O)c2ccc([N+](=O)[O-])cc2)C(=O)O)CC1. The van der Waals surface area contributed by atoms with E-state index < -0.39 is 31.7 Å². The lowest BCUT2D eigenvalue weighted by atomic mass is 9.89. The Kier molecular flexibility index (Phi) is 6.51. The summed E-state index contributed by atoms with van der Waals surface area (Å²) in [6, 6.07) is 2.47. The van der Waals surface area contributed by atoms with Gasteiger partial charge >= 0.3 is 5.97 Å². The number of nitrogens with one attached hydrogen (secondary N) is 1. The highest BCUT2D eigenvalue weighted by molar-refractivity contribution is 7.99. The minimum absolute atomic E-state index is 0.250. The molecule has 0 spiro atoms. The van der Waals surface area contributed by atoms with Crippen LogP contribution in [0, 0.1) is 15.0 Å². The summed E-state index contributed by atoms with van der Waals surface area (Å²) in [7, 11) is -2.46. The van der Waals surface area contributed by atoms with Gasteiger partial charge in [-0.25, -0.2) is 8.42 Å². The van der Waals surface area contributed by atoms with Crippen molar-refractivity contribution in [1.82, 2.24) is 9.62 Å². The molecule has 2 rings (SSSR count). The number of nitro groups is 1. The summed E-state index contributed by atoms with van der Waals surface area (Å²) in [6.07, 6.45) is 0.499. The molecule has 1 aliphatic heterocycles. The third kappa shape index (κ3) is 4.80. The average Bonchev–Trinajstić information content (AvgIpc) is 2.62. The van der Waals surface area contributed by atoms with Gasteiger partial charge in [0.25, 0.3) is 5.69 Å². The van der Waals surface area contributed by atoms with Crippen LogP contribution >= 0.6 is 11.9 Å². The number of carboxylic acids is 1. The van der Waals surface area contributed by atoms with Crippen LogP contribution in [0.15, 0.2) is 33.7 Å². The Balaban J connectivity index is 2.34. The average molecular weight is 418 g/mol. The van der Waals surface area contributed by atoms with E-state index in [1.54, 1.807) is 0 Å². The van der Waals surface area contributed by atoms with Gasteiger partial charge in [-0.15, -0.1) is 4.91 Å². The number of non-ortho nitro benzene ring substituents is 1. The molecule has 1 unspecified atom stereocenters. The minimum Gasteiger partial charge on any atom is -0.480 e. The first kappa shape index (κ1) is 21.2. The quantitative estimate of drug-likeness (QED) is 0.274. The maximum atomic E-state index is 12.6. The number of rotatable bonds is 8. The summed E-state index contributed by atoms with van der Waals surface area (Å²) in [6.45, 7) is 0.955. The molecule has 1 aliphatic rings. The summed E-state index contributed by atoms with van der Waals surface area (Å²) in [4.78, 5) is 34.4. The molecule has 1 fully saturated rings. The summed E-state index contributed by atoms with van der Waals surface area (Å²) in [5.41, 5.74) is -0.295. The van der Waals surface area contributed by atoms with Gasteiger partial charge in [-0.2, -0.15) is 4.72 Å². The number of piperidine rings is 1. The van der Waals surface area contributed by atoms with Crippen LogP contribution in [0.25, 0.3) is 0 Å². The molecule has 0 saturated carbocycles. The van der Waals surface area contributed by atoms with Gasteiger partial charge in [-0.3, -0.25) is 14.9 Å². The first-order valence-electron chi connectivity index (χ1n) is 7.80. The highest BCUT2D eigenvalue weighted by Gasteiger charge is 2.48. The van der Waals surface area contributed by atoms with Crippen molar-refractivity contribution >= 4 is 33.6 Å². The summed E-state index contributed by atoms with van der Waals surface area (Å²) < 4.78 is 28.9. The van der Waals surface area contributed by atoms with Crippen molar-refractivity contribution < 1.29 is 23.2 Å². The zero-order valence-corrected chi connectivity index (χ0v) is 15.9. The molecule has 27 heavy (non-hydrogen) atoms. The Morgan fingerprint density at radius 2 is 1.93 bits per heavy atom. The van der Waals surface area contributed by atoms with Crippen molar-refractivity contribution in [3.8, 4) is 0 Å².